The molecule has 90 valence electrons. The molecule has 0 spiro atoms. The molecule has 2 atom stereocenters. The molecule has 1 aromatic rings. The maximum atomic E-state index is 11.8. The summed E-state index contributed by atoms with van der Waals surface area (Å²) in [5, 5.41) is 9.10. The van der Waals surface area contributed by atoms with Crippen LogP contribution >= 0.6 is 22.6 Å². The molecule has 1 fully saturated rings. The molecule has 0 aromatic heterocycles. The van der Waals surface area contributed by atoms with Crippen molar-refractivity contribution in [1.82, 2.24) is 4.90 Å². The molecule has 1 aliphatic heterocycles. The number of carbonyl (C=O) groups is 2. The van der Waals surface area contributed by atoms with E-state index in [2.05, 4.69) is 22.6 Å². The van der Waals surface area contributed by atoms with Crippen molar-refractivity contribution in [2.45, 2.75) is 22.9 Å². The van der Waals surface area contributed by atoms with E-state index in [1.807, 2.05) is 30.3 Å². The molecule has 1 saturated heterocycles. The Kier molecular flexibility index (Phi) is 3.66. The van der Waals surface area contributed by atoms with E-state index in [0.717, 1.165) is 5.56 Å². The number of amides is 1. The van der Waals surface area contributed by atoms with Crippen LogP contribution in [-0.2, 0) is 9.59 Å². The zero-order valence-corrected chi connectivity index (χ0v) is 11.2. The molecule has 1 aliphatic rings. The quantitative estimate of drug-likeness (QED) is 0.519. The number of benzene rings is 1. The summed E-state index contributed by atoms with van der Waals surface area (Å²) < 4.78 is -0.218. The van der Waals surface area contributed by atoms with Gasteiger partial charge < -0.3 is 10.0 Å². The number of rotatable bonds is 3. The highest BCUT2D eigenvalue weighted by Gasteiger charge is 2.39. The Morgan fingerprint density at radius 1 is 1.41 bits per heavy atom. The molecule has 0 radical (unpaired) electrons. The summed E-state index contributed by atoms with van der Waals surface area (Å²) in [5.74, 6) is -1.01. The van der Waals surface area contributed by atoms with Gasteiger partial charge in [-0.05, 0) is 12.0 Å². The molecule has 1 heterocycles. The number of hydrogen-bond donors (Lipinski definition) is 1. The van der Waals surface area contributed by atoms with Gasteiger partial charge in [0.05, 0.1) is 0 Å². The van der Waals surface area contributed by atoms with Crippen molar-refractivity contribution >= 4 is 34.5 Å². The van der Waals surface area contributed by atoms with Crippen molar-refractivity contribution in [3.63, 3.8) is 0 Å². The van der Waals surface area contributed by atoms with Crippen molar-refractivity contribution in [2.24, 2.45) is 0 Å². The summed E-state index contributed by atoms with van der Waals surface area (Å²) in [5.41, 5.74) is 0.953. The van der Waals surface area contributed by atoms with Crippen molar-refractivity contribution in [2.75, 3.05) is 0 Å². The van der Waals surface area contributed by atoms with Crippen molar-refractivity contribution < 1.29 is 14.7 Å². The van der Waals surface area contributed by atoms with E-state index in [9.17, 15) is 9.59 Å². The Morgan fingerprint density at radius 2 is 2.06 bits per heavy atom. The van der Waals surface area contributed by atoms with Crippen LogP contribution in [-0.4, -0.2) is 27.9 Å². The highest BCUT2D eigenvalue weighted by Crippen LogP contribution is 2.35. The van der Waals surface area contributed by atoms with E-state index in [4.69, 9.17) is 5.11 Å². The fraction of sp³-hybridized carbons (Fsp3) is 0.333. The third-order valence-electron chi connectivity index (χ3n) is 2.86. The van der Waals surface area contributed by atoms with Crippen LogP contribution in [0.1, 0.15) is 22.5 Å². The standard InChI is InChI=1S/C12H12INO3/c13-11(8-4-2-1-3-5-8)14-9(12(16)17)6-7-10(14)15/h1-5,9,11H,6-7H2,(H,16,17). The molecular formula is C12H12INO3. The zero-order chi connectivity index (χ0) is 12.4. The lowest BCUT2D eigenvalue weighted by Gasteiger charge is -2.27. The minimum absolute atomic E-state index is 0.0827. The SMILES string of the molecule is O=C(O)C1CCC(=O)N1C(I)c1ccccc1. The van der Waals surface area contributed by atoms with Gasteiger partial charge in [0.15, 0.2) is 0 Å². The van der Waals surface area contributed by atoms with Gasteiger partial charge in [-0.2, -0.15) is 0 Å². The lowest BCUT2D eigenvalue weighted by atomic mass is 10.2. The Bertz CT molecular complexity index is 435. The van der Waals surface area contributed by atoms with Crippen LogP contribution in [0.2, 0.25) is 0 Å². The van der Waals surface area contributed by atoms with Crippen LogP contribution in [0.25, 0.3) is 0 Å². The van der Waals surface area contributed by atoms with Gasteiger partial charge >= 0.3 is 5.97 Å². The first-order chi connectivity index (χ1) is 8.11. The molecule has 2 rings (SSSR count). The molecule has 1 aromatic carbocycles. The van der Waals surface area contributed by atoms with Crippen LogP contribution in [0, 0.1) is 0 Å². The Hall–Kier alpha value is -1.11. The third kappa shape index (κ3) is 2.43. The summed E-state index contributed by atoms with van der Waals surface area (Å²) in [6.45, 7) is 0. The van der Waals surface area contributed by atoms with Crippen LogP contribution in [0.15, 0.2) is 30.3 Å². The summed E-state index contributed by atoms with van der Waals surface area (Å²) in [7, 11) is 0. The van der Waals surface area contributed by atoms with Crippen LogP contribution in [0.4, 0.5) is 0 Å². The highest BCUT2D eigenvalue weighted by atomic mass is 127. The van der Waals surface area contributed by atoms with Crippen molar-refractivity contribution in [3.05, 3.63) is 35.9 Å². The fourth-order valence-electron chi connectivity index (χ4n) is 2.00. The van der Waals surface area contributed by atoms with E-state index in [1.165, 1.54) is 4.90 Å². The first-order valence-corrected chi connectivity index (χ1v) is 6.59. The maximum Gasteiger partial charge on any atom is 0.326 e. The molecule has 5 heteroatoms. The van der Waals surface area contributed by atoms with Crippen LogP contribution in [0.3, 0.4) is 0 Å². The lowest BCUT2D eigenvalue weighted by Crippen LogP contribution is -2.39. The first-order valence-electron chi connectivity index (χ1n) is 5.34. The average Bonchev–Trinajstić information content (AvgIpc) is 2.71. The molecular weight excluding hydrogens is 333 g/mol. The van der Waals surface area contributed by atoms with Crippen LogP contribution in [0.5, 0.6) is 0 Å². The number of carboxylic acid groups (broad SMARTS) is 1. The molecule has 2 unspecified atom stereocenters. The van der Waals surface area contributed by atoms with E-state index < -0.39 is 12.0 Å². The van der Waals surface area contributed by atoms with Gasteiger partial charge in [-0.1, -0.05) is 52.9 Å². The predicted molar refractivity (Wildman–Crippen MR) is 70.7 cm³/mol. The summed E-state index contributed by atoms with van der Waals surface area (Å²) in [6.07, 6.45) is 0.726. The van der Waals surface area contributed by atoms with Gasteiger partial charge in [0.25, 0.3) is 0 Å². The minimum Gasteiger partial charge on any atom is -0.480 e. The Balaban J connectivity index is 2.26. The van der Waals surface area contributed by atoms with E-state index in [-0.39, 0.29) is 9.96 Å². The van der Waals surface area contributed by atoms with Gasteiger partial charge in [-0.15, -0.1) is 0 Å². The Labute approximate surface area is 113 Å². The first kappa shape index (κ1) is 12.3. The number of carboxylic acids is 1. The van der Waals surface area contributed by atoms with Gasteiger partial charge in [0.1, 0.15) is 10.1 Å². The number of halogens is 1. The molecule has 1 amide bonds. The average molecular weight is 345 g/mol. The van der Waals surface area contributed by atoms with Gasteiger partial charge in [0, 0.05) is 6.42 Å². The molecule has 0 saturated carbocycles. The maximum absolute atomic E-state index is 11.8. The largest absolute Gasteiger partial charge is 0.480 e. The predicted octanol–water partition coefficient (Wildman–Crippen LogP) is 2.20. The second-order valence-electron chi connectivity index (χ2n) is 3.94. The molecule has 0 aliphatic carbocycles. The number of likely N-dealkylation sites (tertiary alicyclic amines) is 1. The zero-order valence-electron chi connectivity index (χ0n) is 9.04. The van der Waals surface area contributed by atoms with Crippen LogP contribution < -0.4 is 0 Å². The second kappa shape index (κ2) is 5.03. The lowest BCUT2D eigenvalue weighted by molar-refractivity contribution is -0.146. The van der Waals surface area contributed by atoms with Gasteiger partial charge in [-0.3, -0.25) is 4.79 Å². The van der Waals surface area contributed by atoms with Gasteiger partial charge in [0.2, 0.25) is 5.91 Å². The highest BCUT2D eigenvalue weighted by molar-refractivity contribution is 14.1. The Morgan fingerprint density at radius 3 is 2.65 bits per heavy atom. The number of aliphatic carboxylic acids is 1. The number of carbonyl (C=O) groups excluding carboxylic acids is 1. The smallest absolute Gasteiger partial charge is 0.326 e. The van der Waals surface area contributed by atoms with Crippen molar-refractivity contribution in [3.8, 4) is 0 Å². The topological polar surface area (TPSA) is 57.6 Å². The molecule has 17 heavy (non-hydrogen) atoms. The second-order valence-corrected chi connectivity index (χ2v) is 5.12. The fourth-order valence-corrected chi connectivity index (χ4v) is 3.12. The molecule has 0 bridgehead atoms. The van der Waals surface area contributed by atoms with E-state index >= 15 is 0 Å². The van der Waals surface area contributed by atoms with E-state index in [1.54, 1.807) is 0 Å². The molecule has 1 N–H and O–H groups in total. The third-order valence-corrected chi connectivity index (χ3v) is 4.18. The summed E-state index contributed by atoms with van der Waals surface area (Å²) in [4.78, 5) is 24.3. The number of hydrogen-bond acceptors (Lipinski definition) is 2. The monoisotopic (exact) mass is 345 g/mol. The minimum atomic E-state index is -0.923. The molecule has 4 nitrogen and oxygen atoms in total. The summed E-state index contributed by atoms with van der Waals surface area (Å²) >= 11 is 2.12. The number of nitrogens with zero attached hydrogens (tertiary/aromatic N) is 1. The van der Waals surface area contributed by atoms with Crippen molar-refractivity contribution in [1.29, 1.82) is 0 Å². The normalized spacial score (nSPS) is 21.6. The number of alkyl halides is 1. The van der Waals surface area contributed by atoms with E-state index in [0.29, 0.717) is 12.8 Å². The summed E-state index contributed by atoms with van der Waals surface area (Å²) in [6, 6.07) is 8.79. The van der Waals surface area contributed by atoms with Gasteiger partial charge in [-0.25, -0.2) is 4.79 Å².